The van der Waals surface area contributed by atoms with Crippen molar-refractivity contribution in [2.24, 2.45) is 5.92 Å². The number of hydrogen-bond acceptors (Lipinski definition) is 5. The largest absolute Gasteiger partial charge is 0.422 e. The van der Waals surface area contributed by atoms with Crippen LogP contribution in [0.5, 0.6) is 0 Å². The predicted octanol–water partition coefficient (Wildman–Crippen LogP) is 2.89. The van der Waals surface area contributed by atoms with E-state index in [-0.39, 0.29) is 17.6 Å². The number of piperidine rings is 1. The molecule has 1 fully saturated rings. The lowest BCUT2D eigenvalue weighted by molar-refractivity contribution is -0.125. The molecule has 1 amide bonds. The number of fused-ring (bicyclic) bond motifs is 1. The molecule has 1 unspecified atom stereocenters. The smallest absolute Gasteiger partial charge is 0.299 e. The van der Waals surface area contributed by atoms with E-state index in [1.165, 1.54) is 12.1 Å². The van der Waals surface area contributed by atoms with Gasteiger partial charge in [-0.25, -0.2) is 9.37 Å². The molecule has 0 spiro atoms. The van der Waals surface area contributed by atoms with Crippen LogP contribution in [0.3, 0.4) is 0 Å². The van der Waals surface area contributed by atoms with Gasteiger partial charge in [0.15, 0.2) is 5.58 Å². The molecule has 3 heterocycles. The van der Waals surface area contributed by atoms with Gasteiger partial charge in [0.05, 0.1) is 5.92 Å². The maximum absolute atomic E-state index is 12.9. The Bertz CT molecular complexity index is 876. The van der Waals surface area contributed by atoms with Gasteiger partial charge in [-0.3, -0.25) is 4.79 Å². The number of pyridine rings is 1. The number of nitrogens with zero attached hydrogens (tertiary/aromatic N) is 3. The summed E-state index contributed by atoms with van der Waals surface area (Å²) in [5.41, 5.74) is 2.09. The van der Waals surface area contributed by atoms with Gasteiger partial charge in [0.2, 0.25) is 11.6 Å². The number of hydrogen-bond donors (Lipinski definition) is 1. The van der Waals surface area contributed by atoms with Crippen LogP contribution < -0.4 is 10.2 Å². The molecule has 0 radical (unpaired) electrons. The maximum Gasteiger partial charge on any atom is 0.299 e. The maximum atomic E-state index is 12.9. The van der Waals surface area contributed by atoms with Crippen LogP contribution in [0.2, 0.25) is 0 Å². The normalized spacial score (nSPS) is 17.4. The lowest BCUT2D eigenvalue weighted by atomic mass is 9.97. The van der Waals surface area contributed by atoms with Crippen molar-refractivity contribution >= 4 is 23.2 Å². The van der Waals surface area contributed by atoms with E-state index in [1.54, 1.807) is 24.4 Å². The third-order valence-corrected chi connectivity index (χ3v) is 4.60. The van der Waals surface area contributed by atoms with Crippen molar-refractivity contribution in [2.45, 2.75) is 19.4 Å². The van der Waals surface area contributed by atoms with Gasteiger partial charge in [-0.05, 0) is 42.7 Å². The molecule has 4 rings (SSSR count). The van der Waals surface area contributed by atoms with Crippen LogP contribution in [0.25, 0.3) is 11.2 Å². The molecule has 1 saturated heterocycles. The van der Waals surface area contributed by atoms with Crippen LogP contribution in [-0.2, 0) is 11.3 Å². The molecule has 1 atom stereocenters. The highest BCUT2D eigenvalue weighted by atomic mass is 19.1. The summed E-state index contributed by atoms with van der Waals surface area (Å²) in [6.45, 7) is 1.75. The molecule has 2 aromatic heterocycles. The summed E-state index contributed by atoms with van der Waals surface area (Å²) in [4.78, 5) is 23.1. The highest BCUT2D eigenvalue weighted by Crippen LogP contribution is 2.25. The molecule has 134 valence electrons. The lowest BCUT2D eigenvalue weighted by Crippen LogP contribution is -2.43. The van der Waals surface area contributed by atoms with E-state index in [0.29, 0.717) is 30.3 Å². The van der Waals surface area contributed by atoms with Gasteiger partial charge >= 0.3 is 0 Å². The fourth-order valence-electron chi connectivity index (χ4n) is 3.19. The van der Waals surface area contributed by atoms with Crippen LogP contribution in [0.15, 0.2) is 47.0 Å². The second-order valence-corrected chi connectivity index (χ2v) is 6.45. The van der Waals surface area contributed by atoms with E-state index in [4.69, 9.17) is 4.42 Å². The summed E-state index contributed by atoms with van der Waals surface area (Å²) >= 11 is 0. The van der Waals surface area contributed by atoms with Gasteiger partial charge in [-0.1, -0.05) is 12.1 Å². The Morgan fingerprint density at radius 2 is 2.15 bits per heavy atom. The first-order valence-corrected chi connectivity index (χ1v) is 8.68. The summed E-state index contributed by atoms with van der Waals surface area (Å²) in [7, 11) is 0. The van der Waals surface area contributed by atoms with Crippen LogP contribution in [0.4, 0.5) is 10.4 Å². The van der Waals surface area contributed by atoms with Gasteiger partial charge in [0, 0.05) is 25.8 Å². The van der Waals surface area contributed by atoms with Crippen molar-refractivity contribution in [1.29, 1.82) is 0 Å². The fourth-order valence-corrected chi connectivity index (χ4v) is 3.19. The minimum Gasteiger partial charge on any atom is -0.422 e. The molecule has 1 N–H and O–H groups in total. The third kappa shape index (κ3) is 3.51. The number of nitrogens with one attached hydrogen (secondary N) is 1. The summed E-state index contributed by atoms with van der Waals surface area (Å²) in [5.74, 6) is -0.420. The van der Waals surface area contributed by atoms with Crippen molar-refractivity contribution < 1.29 is 13.6 Å². The van der Waals surface area contributed by atoms with E-state index in [0.717, 1.165) is 24.9 Å². The fraction of sp³-hybridized carbons (Fsp3) is 0.316. The first-order chi connectivity index (χ1) is 12.7. The standard InChI is InChI=1S/C19H19FN4O2/c20-15-7-5-13(6-8-15)11-22-18(25)14-3-2-10-24(12-14)19-23-17-16(26-19)4-1-9-21-17/h1,4-9,14H,2-3,10-12H2,(H,22,25). The summed E-state index contributed by atoms with van der Waals surface area (Å²) in [5, 5.41) is 2.94. The quantitative estimate of drug-likeness (QED) is 0.780. The van der Waals surface area contributed by atoms with Crippen molar-refractivity contribution in [1.82, 2.24) is 15.3 Å². The number of halogens is 1. The van der Waals surface area contributed by atoms with Crippen LogP contribution >= 0.6 is 0 Å². The number of rotatable bonds is 4. The third-order valence-electron chi connectivity index (χ3n) is 4.60. The lowest BCUT2D eigenvalue weighted by Gasteiger charge is -2.30. The van der Waals surface area contributed by atoms with Gasteiger partial charge in [-0.2, -0.15) is 4.98 Å². The molecule has 3 aromatic rings. The highest BCUT2D eigenvalue weighted by molar-refractivity contribution is 5.79. The van der Waals surface area contributed by atoms with Crippen molar-refractivity contribution in [2.75, 3.05) is 18.0 Å². The van der Waals surface area contributed by atoms with Crippen LogP contribution in [-0.4, -0.2) is 29.0 Å². The Morgan fingerprint density at radius 1 is 1.31 bits per heavy atom. The van der Waals surface area contributed by atoms with E-state index in [9.17, 15) is 9.18 Å². The van der Waals surface area contributed by atoms with E-state index < -0.39 is 0 Å². The van der Waals surface area contributed by atoms with Gasteiger partial charge in [-0.15, -0.1) is 0 Å². The minimum atomic E-state index is -0.282. The zero-order valence-corrected chi connectivity index (χ0v) is 14.2. The Kier molecular flexibility index (Phi) is 4.51. The molecule has 1 aliphatic heterocycles. The van der Waals surface area contributed by atoms with E-state index in [1.807, 2.05) is 11.0 Å². The van der Waals surface area contributed by atoms with Crippen molar-refractivity contribution in [3.63, 3.8) is 0 Å². The summed E-state index contributed by atoms with van der Waals surface area (Å²) < 4.78 is 18.7. The second-order valence-electron chi connectivity index (χ2n) is 6.45. The molecule has 6 nitrogen and oxygen atoms in total. The molecule has 26 heavy (non-hydrogen) atoms. The molecular weight excluding hydrogens is 335 g/mol. The Hall–Kier alpha value is -2.96. The number of carbonyl (C=O) groups excluding carboxylic acids is 1. The predicted molar refractivity (Wildman–Crippen MR) is 95.0 cm³/mol. The van der Waals surface area contributed by atoms with Crippen LogP contribution in [0.1, 0.15) is 18.4 Å². The number of carbonyl (C=O) groups is 1. The minimum absolute atomic E-state index is 0.00624. The Labute approximate surface area is 150 Å². The van der Waals surface area contributed by atoms with E-state index in [2.05, 4.69) is 15.3 Å². The van der Waals surface area contributed by atoms with Crippen molar-refractivity contribution in [3.05, 3.63) is 54.0 Å². The topological polar surface area (TPSA) is 71.3 Å². The van der Waals surface area contributed by atoms with Crippen LogP contribution in [0, 0.1) is 11.7 Å². The average molecular weight is 354 g/mol. The monoisotopic (exact) mass is 354 g/mol. The average Bonchev–Trinajstić information content (AvgIpc) is 3.12. The number of aromatic nitrogens is 2. The molecular formula is C19H19FN4O2. The summed E-state index contributed by atoms with van der Waals surface area (Å²) in [6, 6.07) is 10.3. The molecule has 0 bridgehead atoms. The number of oxazole rings is 1. The zero-order valence-electron chi connectivity index (χ0n) is 14.2. The van der Waals surface area contributed by atoms with Gasteiger partial charge in [0.25, 0.3) is 6.01 Å². The SMILES string of the molecule is O=C(NCc1ccc(F)cc1)C1CCCN(c2nc3ncccc3o2)C1. The van der Waals surface area contributed by atoms with E-state index >= 15 is 0 Å². The molecule has 0 saturated carbocycles. The van der Waals surface area contributed by atoms with Gasteiger partial charge < -0.3 is 14.6 Å². The molecule has 1 aliphatic rings. The number of anilines is 1. The summed E-state index contributed by atoms with van der Waals surface area (Å²) in [6.07, 6.45) is 3.39. The first-order valence-electron chi connectivity index (χ1n) is 8.68. The van der Waals surface area contributed by atoms with Crippen molar-refractivity contribution in [3.8, 4) is 0 Å². The first kappa shape index (κ1) is 16.5. The second kappa shape index (κ2) is 7.11. The number of benzene rings is 1. The Balaban J connectivity index is 1.39. The Morgan fingerprint density at radius 3 is 2.96 bits per heavy atom. The number of amides is 1. The molecule has 0 aliphatic carbocycles. The molecule has 1 aromatic carbocycles. The highest BCUT2D eigenvalue weighted by Gasteiger charge is 2.28. The van der Waals surface area contributed by atoms with Gasteiger partial charge in [0.1, 0.15) is 5.82 Å². The molecule has 7 heteroatoms. The zero-order chi connectivity index (χ0) is 17.9.